The summed E-state index contributed by atoms with van der Waals surface area (Å²) in [7, 11) is 0. The Morgan fingerprint density at radius 3 is 2.54 bits per heavy atom. The number of halogens is 2. The van der Waals surface area contributed by atoms with Gasteiger partial charge in [0.25, 0.3) is 5.91 Å². The molecule has 0 saturated carbocycles. The molecular formula is C18H17F2N4OS+. The summed E-state index contributed by atoms with van der Waals surface area (Å²) in [6.07, 6.45) is 1.88. The fraction of sp³-hybridized carbons (Fsp3) is 0.111. The number of carbonyl (C=O) groups excluding carboxylic acids is 1. The summed E-state index contributed by atoms with van der Waals surface area (Å²) < 4.78 is 29.2. The van der Waals surface area contributed by atoms with E-state index in [1.165, 1.54) is 17.8 Å². The lowest BCUT2D eigenvalue weighted by Crippen LogP contribution is -2.43. The molecule has 0 aliphatic carbocycles. The third-order valence-electron chi connectivity index (χ3n) is 3.81. The van der Waals surface area contributed by atoms with Crippen molar-refractivity contribution in [3.63, 3.8) is 0 Å². The number of thioether (sulfide) groups is 1. The van der Waals surface area contributed by atoms with Crippen LogP contribution in [0.25, 0.3) is 10.9 Å². The van der Waals surface area contributed by atoms with E-state index < -0.39 is 23.1 Å². The molecule has 5 N–H and O–H groups in total. The van der Waals surface area contributed by atoms with E-state index in [1.807, 2.05) is 35.0 Å². The van der Waals surface area contributed by atoms with Crippen molar-refractivity contribution in [2.75, 3.05) is 6.54 Å². The molecule has 0 saturated heterocycles. The molecule has 0 atom stereocenters. The van der Waals surface area contributed by atoms with Crippen LogP contribution in [-0.2, 0) is 6.54 Å². The van der Waals surface area contributed by atoms with Crippen LogP contribution in [0, 0.1) is 11.6 Å². The van der Waals surface area contributed by atoms with E-state index in [0.29, 0.717) is 6.54 Å². The zero-order chi connectivity index (χ0) is 18.7. The number of nitrogens with zero attached hydrogens (tertiary/aromatic N) is 1. The van der Waals surface area contributed by atoms with Crippen LogP contribution >= 0.6 is 11.8 Å². The minimum absolute atomic E-state index is 0.206. The van der Waals surface area contributed by atoms with E-state index in [1.54, 1.807) is 0 Å². The highest BCUT2D eigenvalue weighted by atomic mass is 32.2. The molecule has 8 heteroatoms. The second-order valence-electron chi connectivity index (χ2n) is 5.56. The van der Waals surface area contributed by atoms with Gasteiger partial charge in [0.05, 0.1) is 0 Å². The maximum atomic E-state index is 13.6. The largest absolute Gasteiger partial charge is 0.350 e. The molecule has 0 spiro atoms. The van der Waals surface area contributed by atoms with E-state index in [4.69, 9.17) is 11.1 Å². The van der Waals surface area contributed by atoms with Crippen molar-refractivity contribution >= 4 is 33.7 Å². The average molecular weight is 375 g/mol. The third kappa shape index (κ3) is 3.70. The van der Waals surface area contributed by atoms with Crippen LogP contribution in [0.15, 0.2) is 53.6 Å². The van der Waals surface area contributed by atoms with Gasteiger partial charge in [-0.3, -0.25) is 15.9 Å². The molecule has 0 bridgehead atoms. The zero-order valence-electron chi connectivity index (χ0n) is 13.7. The van der Waals surface area contributed by atoms with Gasteiger partial charge in [0.15, 0.2) is 0 Å². The lowest BCUT2D eigenvalue weighted by Gasteiger charge is -2.08. The molecule has 3 rings (SSSR count). The molecule has 0 unspecified atom stereocenters. The number of hydrogen-bond acceptors (Lipinski definition) is 2. The topological polar surface area (TPSA) is 85.6 Å². The number of nitrogens with one attached hydrogen (secondary N) is 1. The number of amides is 1. The summed E-state index contributed by atoms with van der Waals surface area (Å²) in [5.41, 5.74) is 5.95. The second kappa shape index (κ2) is 7.57. The summed E-state index contributed by atoms with van der Waals surface area (Å²) in [6, 6.07) is 11.0. The summed E-state index contributed by atoms with van der Waals surface area (Å²) in [5, 5.41) is 9.34. The number of hydrogen-bond donors (Lipinski definition) is 3. The van der Waals surface area contributed by atoms with Crippen LogP contribution < -0.4 is 16.5 Å². The first-order valence-corrected chi connectivity index (χ1v) is 8.65. The van der Waals surface area contributed by atoms with Crippen LogP contribution in [0.2, 0.25) is 0 Å². The molecule has 0 fully saturated rings. The van der Waals surface area contributed by atoms with Gasteiger partial charge < -0.3 is 9.88 Å². The molecular weight excluding hydrogens is 358 g/mol. The molecule has 3 aromatic rings. The molecule has 0 aliphatic heterocycles. The van der Waals surface area contributed by atoms with Crippen LogP contribution in [0.1, 0.15) is 10.4 Å². The molecule has 0 aliphatic rings. The maximum absolute atomic E-state index is 13.6. The highest BCUT2D eigenvalue weighted by Crippen LogP contribution is 2.29. The number of carbonyl (C=O) groups is 1. The Hall–Kier alpha value is -2.87. The Bertz CT molecular complexity index is 966. The summed E-state index contributed by atoms with van der Waals surface area (Å²) in [6.45, 7) is 0.630. The van der Waals surface area contributed by atoms with Crippen LogP contribution in [0.4, 0.5) is 8.78 Å². The number of aromatic nitrogens is 1. The van der Waals surface area contributed by atoms with Crippen molar-refractivity contribution in [3.8, 4) is 0 Å². The predicted octanol–water partition coefficient (Wildman–Crippen LogP) is 1.52. The normalized spacial score (nSPS) is 10.8. The van der Waals surface area contributed by atoms with E-state index in [2.05, 4.69) is 5.32 Å². The Morgan fingerprint density at radius 2 is 1.85 bits per heavy atom. The van der Waals surface area contributed by atoms with E-state index in [9.17, 15) is 13.6 Å². The fourth-order valence-electron chi connectivity index (χ4n) is 2.70. The first-order valence-electron chi connectivity index (χ1n) is 7.83. The van der Waals surface area contributed by atoms with Gasteiger partial charge in [0, 0.05) is 35.1 Å². The van der Waals surface area contributed by atoms with Crippen molar-refractivity contribution in [1.82, 2.24) is 9.88 Å². The fourth-order valence-corrected chi connectivity index (χ4v) is 3.42. The van der Waals surface area contributed by atoms with Gasteiger partial charge in [-0.2, -0.15) is 0 Å². The maximum Gasteiger partial charge on any atom is 0.304 e. The number of rotatable bonds is 5. The Balaban J connectivity index is 1.74. The average Bonchev–Trinajstić information content (AvgIpc) is 2.92. The van der Waals surface area contributed by atoms with Gasteiger partial charge in [-0.25, -0.2) is 8.78 Å². The zero-order valence-corrected chi connectivity index (χ0v) is 14.5. The van der Waals surface area contributed by atoms with Gasteiger partial charge in [-0.1, -0.05) is 24.3 Å². The van der Waals surface area contributed by atoms with Gasteiger partial charge in [-0.15, -0.1) is 0 Å². The minimum Gasteiger partial charge on any atom is -0.350 e. The molecule has 134 valence electrons. The molecule has 1 heterocycles. The predicted molar refractivity (Wildman–Crippen MR) is 97.6 cm³/mol. The van der Waals surface area contributed by atoms with E-state index >= 15 is 0 Å². The number of fused-ring (bicyclic) bond motifs is 1. The van der Waals surface area contributed by atoms with Crippen LogP contribution in [-0.4, -0.2) is 22.2 Å². The smallest absolute Gasteiger partial charge is 0.304 e. The number of nitrogens with two attached hydrogens (primary N) is 2. The Labute approximate surface area is 152 Å². The van der Waals surface area contributed by atoms with Crippen molar-refractivity contribution in [1.29, 1.82) is 0 Å². The lowest BCUT2D eigenvalue weighted by molar-refractivity contribution is -0.110. The molecule has 1 aromatic heterocycles. The lowest BCUT2D eigenvalue weighted by atomic mass is 10.2. The number of amidine groups is 1. The summed E-state index contributed by atoms with van der Waals surface area (Å²) in [5.74, 6) is -2.56. The standard InChI is InChI=1S/C18H16F2N4OS/c19-12-5-3-6-13(20)16(12)17(25)23-8-9-24-10-15(26-18(21)22)11-4-1-2-7-14(11)24/h1-7,10H,8-9H2,(H3,21,22)(H,23,25)/p+1. The van der Waals surface area contributed by atoms with E-state index in [0.717, 1.165) is 27.9 Å². The quantitative estimate of drug-likeness (QED) is 0.359. The molecule has 0 radical (unpaired) electrons. The first kappa shape index (κ1) is 17.9. The Morgan fingerprint density at radius 1 is 1.15 bits per heavy atom. The van der Waals surface area contributed by atoms with Gasteiger partial charge in [0.2, 0.25) is 0 Å². The highest BCUT2D eigenvalue weighted by molar-refractivity contribution is 8.13. The molecule has 2 aromatic carbocycles. The Kier molecular flexibility index (Phi) is 5.22. The molecule has 26 heavy (non-hydrogen) atoms. The summed E-state index contributed by atoms with van der Waals surface area (Å²) in [4.78, 5) is 12.9. The molecule has 5 nitrogen and oxygen atoms in total. The van der Waals surface area contributed by atoms with Crippen LogP contribution in [0.3, 0.4) is 0 Å². The monoisotopic (exact) mass is 375 g/mol. The first-order chi connectivity index (χ1) is 12.5. The highest BCUT2D eigenvalue weighted by Gasteiger charge is 2.17. The number of benzene rings is 2. The summed E-state index contributed by atoms with van der Waals surface area (Å²) >= 11 is 1.25. The van der Waals surface area contributed by atoms with Crippen molar-refractivity contribution in [3.05, 3.63) is 65.9 Å². The minimum atomic E-state index is -0.887. The SMILES string of the molecule is NC(=[NH2+])Sc1cn(CCNC(=O)c2c(F)cccc2F)c2ccccc12. The molecule has 1 amide bonds. The van der Waals surface area contributed by atoms with Gasteiger partial charge in [-0.05, 0) is 30.0 Å². The van der Waals surface area contributed by atoms with Crippen molar-refractivity contribution in [2.45, 2.75) is 11.4 Å². The third-order valence-corrected chi connectivity index (χ3v) is 4.59. The van der Waals surface area contributed by atoms with Crippen LogP contribution in [0.5, 0.6) is 0 Å². The number of para-hydroxylation sites is 1. The van der Waals surface area contributed by atoms with Crippen molar-refractivity contribution < 1.29 is 19.0 Å². The van der Waals surface area contributed by atoms with Gasteiger partial charge in [0.1, 0.15) is 17.2 Å². The van der Waals surface area contributed by atoms with Gasteiger partial charge >= 0.3 is 5.17 Å². The van der Waals surface area contributed by atoms with Crippen molar-refractivity contribution in [2.24, 2.45) is 5.73 Å². The second-order valence-corrected chi connectivity index (χ2v) is 6.68. The van der Waals surface area contributed by atoms with E-state index in [-0.39, 0.29) is 11.7 Å².